The molecule has 7 heteroatoms. The summed E-state index contributed by atoms with van der Waals surface area (Å²) in [4.78, 5) is 2.08. The third-order valence-electron chi connectivity index (χ3n) is 3.05. The Kier molecular flexibility index (Phi) is 4.50. The molecule has 0 aromatic heterocycles. The molecule has 0 bridgehead atoms. The van der Waals surface area contributed by atoms with Gasteiger partial charge in [0, 0.05) is 41.9 Å². The van der Waals surface area contributed by atoms with Crippen LogP contribution in [0, 0.1) is 5.82 Å². The van der Waals surface area contributed by atoms with Gasteiger partial charge in [0.05, 0.1) is 0 Å². The summed E-state index contributed by atoms with van der Waals surface area (Å²) in [6.07, 6.45) is 0. The Morgan fingerprint density at radius 2 is 2.00 bits per heavy atom. The molecule has 1 aromatic rings. The van der Waals surface area contributed by atoms with Gasteiger partial charge in [-0.1, -0.05) is 6.07 Å². The standard InChI is InChI=1S/C11H15BFNO3S/c13-10-2-1-9(11(7-10)12(15)16)8-14-3-5-18(17)6-4-14/h1-2,7,15-16H,3-6,8H2. The van der Waals surface area contributed by atoms with Crippen molar-refractivity contribution in [2.45, 2.75) is 6.54 Å². The van der Waals surface area contributed by atoms with Crippen molar-refractivity contribution in [2.75, 3.05) is 24.6 Å². The van der Waals surface area contributed by atoms with E-state index in [1.807, 2.05) is 0 Å². The van der Waals surface area contributed by atoms with Gasteiger partial charge in [0.15, 0.2) is 0 Å². The molecule has 0 radical (unpaired) electrons. The molecule has 0 aliphatic carbocycles. The number of nitrogens with zero attached hydrogens (tertiary/aromatic N) is 1. The molecule has 4 nitrogen and oxygen atoms in total. The van der Waals surface area contributed by atoms with Gasteiger partial charge in [0.25, 0.3) is 0 Å². The first-order chi connectivity index (χ1) is 8.56. The van der Waals surface area contributed by atoms with E-state index >= 15 is 0 Å². The van der Waals surface area contributed by atoms with Gasteiger partial charge in [-0.2, -0.15) is 0 Å². The molecule has 1 heterocycles. The van der Waals surface area contributed by atoms with Gasteiger partial charge in [-0.05, 0) is 23.2 Å². The fourth-order valence-corrected chi connectivity index (χ4v) is 3.15. The highest BCUT2D eigenvalue weighted by molar-refractivity contribution is 7.85. The van der Waals surface area contributed by atoms with Crippen LogP contribution in [0.2, 0.25) is 0 Å². The lowest BCUT2D eigenvalue weighted by Crippen LogP contribution is -2.40. The Balaban J connectivity index is 2.11. The first-order valence-corrected chi connectivity index (χ1v) is 7.27. The van der Waals surface area contributed by atoms with E-state index in [2.05, 4.69) is 4.90 Å². The molecule has 0 atom stereocenters. The second-order valence-electron chi connectivity index (χ2n) is 4.34. The molecule has 0 amide bonds. The molecule has 0 spiro atoms. The lowest BCUT2D eigenvalue weighted by molar-refractivity contribution is 0.291. The van der Waals surface area contributed by atoms with Crippen LogP contribution in [0.4, 0.5) is 4.39 Å². The Bertz CT molecular complexity index is 448. The second kappa shape index (κ2) is 5.92. The highest BCUT2D eigenvalue weighted by atomic mass is 32.2. The first kappa shape index (κ1) is 13.7. The maximum atomic E-state index is 13.1. The van der Waals surface area contributed by atoms with E-state index in [0.717, 1.165) is 6.07 Å². The first-order valence-electron chi connectivity index (χ1n) is 5.78. The van der Waals surface area contributed by atoms with Crippen molar-refractivity contribution in [1.82, 2.24) is 4.90 Å². The van der Waals surface area contributed by atoms with Crippen molar-refractivity contribution < 1.29 is 18.6 Å². The number of rotatable bonds is 3. The van der Waals surface area contributed by atoms with Crippen molar-refractivity contribution in [3.05, 3.63) is 29.6 Å². The van der Waals surface area contributed by atoms with Crippen LogP contribution in [0.25, 0.3) is 0 Å². The van der Waals surface area contributed by atoms with Crippen molar-refractivity contribution >= 4 is 23.4 Å². The summed E-state index contributed by atoms with van der Waals surface area (Å²) in [5, 5.41) is 18.4. The predicted molar refractivity (Wildman–Crippen MR) is 69.4 cm³/mol. The van der Waals surface area contributed by atoms with E-state index in [1.165, 1.54) is 6.07 Å². The van der Waals surface area contributed by atoms with Gasteiger partial charge in [-0.15, -0.1) is 0 Å². The van der Waals surface area contributed by atoms with Gasteiger partial charge >= 0.3 is 7.12 Å². The minimum atomic E-state index is -1.67. The van der Waals surface area contributed by atoms with Crippen LogP contribution in [0.5, 0.6) is 0 Å². The van der Waals surface area contributed by atoms with E-state index in [9.17, 15) is 18.6 Å². The Morgan fingerprint density at radius 1 is 1.33 bits per heavy atom. The molecular formula is C11H15BFNO3S. The van der Waals surface area contributed by atoms with Crippen LogP contribution < -0.4 is 5.46 Å². The molecule has 1 saturated heterocycles. The third kappa shape index (κ3) is 3.38. The van der Waals surface area contributed by atoms with Gasteiger partial charge in [-0.3, -0.25) is 9.11 Å². The highest BCUT2D eigenvalue weighted by Crippen LogP contribution is 2.08. The van der Waals surface area contributed by atoms with Crippen LogP contribution in [0.15, 0.2) is 18.2 Å². The molecule has 1 fully saturated rings. The smallest absolute Gasteiger partial charge is 0.423 e. The molecule has 2 rings (SSSR count). The number of hydrogen-bond donors (Lipinski definition) is 2. The number of benzene rings is 1. The average molecular weight is 271 g/mol. The Morgan fingerprint density at radius 3 is 2.61 bits per heavy atom. The van der Waals surface area contributed by atoms with Gasteiger partial charge in [0.2, 0.25) is 0 Å². The number of hydrogen-bond acceptors (Lipinski definition) is 4. The molecule has 0 saturated carbocycles. The minimum Gasteiger partial charge on any atom is -0.423 e. The molecular weight excluding hydrogens is 256 g/mol. The summed E-state index contributed by atoms with van der Waals surface area (Å²) in [6.45, 7) is 1.94. The van der Waals surface area contributed by atoms with E-state index in [0.29, 0.717) is 36.7 Å². The van der Waals surface area contributed by atoms with Crippen LogP contribution in [0.3, 0.4) is 0 Å². The van der Waals surface area contributed by atoms with Crippen molar-refractivity contribution in [1.29, 1.82) is 0 Å². The zero-order valence-corrected chi connectivity index (χ0v) is 10.7. The Labute approximate surface area is 108 Å². The van der Waals surface area contributed by atoms with E-state index in [1.54, 1.807) is 6.07 Å². The lowest BCUT2D eigenvalue weighted by Gasteiger charge is -2.27. The summed E-state index contributed by atoms with van der Waals surface area (Å²) in [5.74, 6) is 0.790. The summed E-state index contributed by atoms with van der Waals surface area (Å²) in [7, 11) is -2.41. The normalized spacial score (nSPS) is 17.9. The third-order valence-corrected chi connectivity index (χ3v) is 4.33. The van der Waals surface area contributed by atoms with Gasteiger partial charge in [-0.25, -0.2) is 4.39 Å². The maximum absolute atomic E-state index is 13.1. The van der Waals surface area contributed by atoms with Crippen molar-refractivity contribution in [3.8, 4) is 0 Å². The number of halogens is 1. The summed E-state index contributed by atoms with van der Waals surface area (Å²) in [5.41, 5.74) is 0.890. The van der Waals surface area contributed by atoms with Gasteiger partial charge < -0.3 is 10.0 Å². The topological polar surface area (TPSA) is 60.8 Å². The summed E-state index contributed by atoms with van der Waals surface area (Å²) >= 11 is 0. The maximum Gasteiger partial charge on any atom is 0.488 e. The fraction of sp³-hybridized carbons (Fsp3) is 0.455. The molecule has 1 aromatic carbocycles. The van der Waals surface area contributed by atoms with Crippen LogP contribution in [0.1, 0.15) is 5.56 Å². The van der Waals surface area contributed by atoms with Crippen LogP contribution >= 0.6 is 0 Å². The van der Waals surface area contributed by atoms with E-state index < -0.39 is 23.7 Å². The molecule has 0 unspecified atom stereocenters. The average Bonchev–Trinajstić information content (AvgIpc) is 2.34. The lowest BCUT2D eigenvalue weighted by atomic mass is 9.77. The summed E-state index contributed by atoms with van der Waals surface area (Å²) < 4.78 is 24.3. The molecule has 1 aliphatic heterocycles. The van der Waals surface area contributed by atoms with Crippen LogP contribution in [-0.2, 0) is 17.3 Å². The highest BCUT2D eigenvalue weighted by Gasteiger charge is 2.20. The fourth-order valence-electron chi connectivity index (χ4n) is 2.02. The minimum absolute atomic E-state index is 0.196. The largest absolute Gasteiger partial charge is 0.488 e. The SMILES string of the molecule is O=S1CCN(Cc2ccc(F)cc2B(O)O)CC1. The van der Waals surface area contributed by atoms with Crippen LogP contribution in [-0.4, -0.2) is 50.9 Å². The zero-order chi connectivity index (χ0) is 13.1. The van der Waals surface area contributed by atoms with Gasteiger partial charge in [0.1, 0.15) is 5.82 Å². The zero-order valence-electron chi connectivity index (χ0n) is 9.88. The van der Waals surface area contributed by atoms with E-state index in [4.69, 9.17) is 0 Å². The Hall–Kier alpha value is -0.755. The molecule has 98 valence electrons. The molecule has 2 N–H and O–H groups in total. The predicted octanol–water partition coefficient (Wildman–Crippen LogP) is -0.930. The quantitative estimate of drug-likeness (QED) is 0.697. The van der Waals surface area contributed by atoms with Crippen molar-refractivity contribution in [2.24, 2.45) is 0 Å². The second-order valence-corrected chi connectivity index (χ2v) is 6.04. The molecule has 1 aliphatic rings. The monoisotopic (exact) mass is 271 g/mol. The van der Waals surface area contributed by atoms with Crippen molar-refractivity contribution in [3.63, 3.8) is 0 Å². The molecule has 18 heavy (non-hydrogen) atoms. The summed E-state index contributed by atoms with van der Waals surface area (Å²) in [6, 6.07) is 4.01. The van der Waals surface area contributed by atoms with E-state index in [-0.39, 0.29) is 5.46 Å².